The Morgan fingerprint density at radius 1 is 0.952 bits per heavy atom. The molecule has 0 aromatic heterocycles. The van der Waals surface area contributed by atoms with Crippen molar-refractivity contribution in [2.75, 3.05) is 5.43 Å². The maximum absolute atomic E-state index is 13.4. The Bertz CT molecular complexity index is 673. The molecule has 0 aliphatic rings. The van der Waals surface area contributed by atoms with E-state index < -0.39 is 29.0 Å². The Morgan fingerprint density at radius 2 is 1.48 bits per heavy atom. The van der Waals surface area contributed by atoms with Crippen LogP contribution in [0.2, 0.25) is 10.0 Å². The highest BCUT2D eigenvalue weighted by molar-refractivity contribution is 6.38. The summed E-state index contributed by atoms with van der Waals surface area (Å²) in [6.07, 6.45) is 1.08. The molecular weight excluding hydrogens is 331 g/mol. The van der Waals surface area contributed by atoms with Crippen LogP contribution in [0.15, 0.2) is 29.4 Å². The Labute approximate surface area is 127 Å². The van der Waals surface area contributed by atoms with Crippen LogP contribution < -0.4 is 5.43 Å². The second kappa shape index (κ2) is 6.32. The molecule has 8 heteroatoms. The van der Waals surface area contributed by atoms with Crippen LogP contribution in [0.3, 0.4) is 0 Å². The quantitative estimate of drug-likeness (QED) is 0.363. The van der Waals surface area contributed by atoms with E-state index in [1.807, 2.05) is 5.43 Å². The molecule has 0 unspecified atom stereocenters. The third-order valence-electron chi connectivity index (χ3n) is 2.48. The minimum absolute atomic E-state index is 0.102. The van der Waals surface area contributed by atoms with Crippen LogP contribution in [0.5, 0.6) is 0 Å². The lowest BCUT2D eigenvalue weighted by molar-refractivity contribution is 0.458. The third-order valence-corrected chi connectivity index (χ3v) is 3.14. The Morgan fingerprint density at radius 3 is 2.00 bits per heavy atom. The number of anilines is 1. The fourth-order valence-electron chi connectivity index (χ4n) is 1.47. The maximum Gasteiger partial charge on any atom is 0.186 e. The first-order valence-electron chi connectivity index (χ1n) is 5.48. The number of hydrogen-bond donors (Lipinski definition) is 1. The number of hydrogen-bond acceptors (Lipinski definition) is 2. The molecule has 0 aliphatic heterocycles. The van der Waals surface area contributed by atoms with E-state index in [-0.39, 0.29) is 21.7 Å². The molecule has 0 aliphatic carbocycles. The van der Waals surface area contributed by atoms with Crippen LogP contribution >= 0.6 is 23.2 Å². The summed E-state index contributed by atoms with van der Waals surface area (Å²) in [5, 5.41) is 3.98. The summed E-state index contributed by atoms with van der Waals surface area (Å²) in [4.78, 5) is 0. The average Bonchev–Trinajstić information content (AvgIpc) is 2.43. The van der Waals surface area contributed by atoms with Gasteiger partial charge in [0.2, 0.25) is 0 Å². The van der Waals surface area contributed by atoms with Crippen molar-refractivity contribution in [2.45, 2.75) is 0 Å². The molecule has 2 rings (SSSR count). The number of hydrazone groups is 1. The van der Waals surface area contributed by atoms with Crippen LogP contribution in [0, 0.1) is 23.3 Å². The average molecular weight is 337 g/mol. The van der Waals surface area contributed by atoms with Gasteiger partial charge < -0.3 is 0 Å². The summed E-state index contributed by atoms with van der Waals surface area (Å²) in [6.45, 7) is 0. The Hall–Kier alpha value is -1.79. The van der Waals surface area contributed by atoms with E-state index in [4.69, 9.17) is 23.2 Å². The van der Waals surface area contributed by atoms with E-state index in [0.717, 1.165) is 6.21 Å². The fourth-order valence-corrected chi connectivity index (χ4v) is 1.96. The number of rotatable bonds is 3. The van der Waals surface area contributed by atoms with Crippen LogP contribution in [0.1, 0.15) is 5.56 Å². The highest BCUT2D eigenvalue weighted by Crippen LogP contribution is 2.25. The van der Waals surface area contributed by atoms with Crippen molar-refractivity contribution in [2.24, 2.45) is 5.10 Å². The summed E-state index contributed by atoms with van der Waals surface area (Å²) >= 11 is 11.7. The van der Waals surface area contributed by atoms with Gasteiger partial charge in [-0.15, -0.1) is 0 Å². The lowest BCUT2D eigenvalue weighted by Gasteiger charge is -2.06. The van der Waals surface area contributed by atoms with Gasteiger partial charge in [-0.1, -0.05) is 29.3 Å². The largest absolute Gasteiger partial charge is 0.272 e. The highest BCUT2D eigenvalue weighted by atomic mass is 35.5. The van der Waals surface area contributed by atoms with Crippen LogP contribution in [-0.2, 0) is 0 Å². The van der Waals surface area contributed by atoms with Gasteiger partial charge in [-0.2, -0.15) is 5.10 Å². The second-order valence-electron chi connectivity index (χ2n) is 3.85. The zero-order chi connectivity index (χ0) is 15.6. The fraction of sp³-hybridized carbons (Fsp3) is 0. The van der Waals surface area contributed by atoms with Crippen molar-refractivity contribution in [3.8, 4) is 0 Å². The molecule has 0 fully saturated rings. The number of nitrogens with one attached hydrogen (secondary N) is 1. The monoisotopic (exact) mass is 336 g/mol. The second-order valence-corrected chi connectivity index (χ2v) is 4.66. The highest BCUT2D eigenvalue weighted by Gasteiger charge is 2.18. The van der Waals surface area contributed by atoms with Gasteiger partial charge in [-0.25, -0.2) is 17.6 Å². The predicted molar refractivity (Wildman–Crippen MR) is 74.0 cm³/mol. The van der Waals surface area contributed by atoms with Gasteiger partial charge in [0.1, 0.15) is 5.69 Å². The smallest absolute Gasteiger partial charge is 0.186 e. The molecule has 0 bridgehead atoms. The van der Waals surface area contributed by atoms with Crippen molar-refractivity contribution in [1.82, 2.24) is 0 Å². The minimum atomic E-state index is -1.59. The first-order chi connectivity index (χ1) is 9.91. The number of benzene rings is 2. The molecule has 2 aromatic rings. The standard InChI is InChI=1S/C13H6Cl2F4N2/c14-7-2-1-3-8(15)6(7)5-20-21-13-11(18)9(16)4-10(17)12(13)19/h1-5,21H. The van der Waals surface area contributed by atoms with Gasteiger partial charge in [0, 0.05) is 11.6 Å². The summed E-state index contributed by atoms with van der Waals surface area (Å²) < 4.78 is 52.7. The number of halogens is 6. The molecule has 1 N–H and O–H groups in total. The predicted octanol–water partition coefficient (Wildman–Crippen LogP) is 5.00. The summed E-state index contributed by atoms with van der Waals surface area (Å²) in [5.74, 6) is -6.25. The van der Waals surface area contributed by atoms with Crippen LogP contribution in [0.25, 0.3) is 0 Å². The molecule has 0 saturated carbocycles. The first-order valence-corrected chi connectivity index (χ1v) is 6.23. The molecule has 2 aromatic carbocycles. The van der Waals surface area contributed by atoms with Crippen molar-refractivity contribution < 1.29 is 17.6 Å². The summed E-state index contributed by atoms with van der Waals surface area (Å²) in [6, 6.07) is 4.75. The topological polar surface area (TPSA) is 24.4 Å². The van der Waals surface area contributed by atoms with E-state index in [1.165, 1.54) is 12.1 Å². The van der Waals surface area contributed by atoms with Crippen molar-refractivity contribution in [3.05, 3.63) is 63.1 Å². The van der Waals surface area contributed by atoms with Crippen LogP contribution in [0.4, 0.5) is 23.2 Å². The van der Waals surface area contributed by atoms with E-state index in [2.05, 4.69) is 5.10 Å². The molecule has 0 saturated heterocycles. The van der Waals surface area contributed by atoms with Crippen molar-refractivity contribution in [3.63, 3.8) is 0 Å². The van der Waals surface area contributed by atoms with Gasteiger partial charge in [0.15, 0.2) is 23.3 Å². The molecule has 2 nitrogen and oxygen atoms in total. The molecule has 110 valence electrons. The van der Waals surface area contributed by atoms with E-state index in [0.29, 0.717) is 0 Å². The molecule has 0 amide bonds. The van der Waals surface area contributed by atoms with E-state index >= 15 is 0 Å². The van der Waals surface area contributed by atoms with E-state index in [9.17, 15) is 17.6 Å². The summed E-state index contributed by atoms with van der Waals surface area (Å²) in [7, 11) is 0. The first kappa shape index (κ1) is 15.6. The lowest BCUT2D eigenvalue weighted by atomic mass is 10.2. The number of nitrogens with zero attached hydrogens (tertiary/aromatic N) is 1. The Kier molecular flexibility index (Phi) is 4.69. The zero-order valence-corrected chi connectivity index (χ0v) is 11.6. The zero-order valence-electron chi connectivity index (χ0n) is 10.1. The third kappa shape index (κ3) is 3.28. The molecule has 0 spiro atoms. The molecule has 0 atom stereocenters. The minimum Gasteiger partial charge on any atom is -0.272 e. The van der Waals surface area contributed by atoms with Gasteiger partial charge in [-0.3, -0.25) is 5.43 Å². The van der Waals surface area contributed by atoms with Crippen LogP contribution in [-0.4, -0.2) is 6.21 Å². The molecule has 0 heterocycles. The van der Waals surface area contributed by atoms with Crippen molar-refractivity contribution in [1.29, 1.82) is 0 Å². The molecule has 0 radical (unpaired) electrons. The SMILES string of the molecule is Fc1cc(F)c(F)c(NN=Cc2c(Cl)cccc2Cl)c1F. The van der Waals surface area contributed by atoms with E-state index in [1.54, 1.807) is 6.07 Å². The maximum atomic E-state index is 13.4. The van der Waals surface area contributed by atoms with Gasteiger partial charge in [0.25, 0.3) is 0 Å². The Balaban J connectivity index is 2.31. The van der Waals surface area contributed by atoms with Gasteiger partial charge >= 0.3 is 0 Å². The normalized spacial score (nSPS) is 11.1. The molecular formula is C13H6Cl2F4N2. The lowest BCUT2D eigenvalue weighted by Crippen LogP contribution is -2.03. The summed E-state index contributed by atoms with van der Waals surface area (Å²) in [5.41, 5.74) is 1.12. The van der Waals surface area contributed by atoms with Gasteiger partial charge in [0.05, 0.1) is 16.3 Å². The van der Waals surface area contributed by atoms with Crippen molar-refractivity contribution >= 4 is 35.1 Å². The molecule has 21 heavy (non-hydrogen) atoms. The van der Waals surface area contributed by atoms with Gasteiger partial charge in [-0.05, 0) is 12.1 Å².